The van der Waals surface area contributed by atoms with Crippen molar-refractivity contribution in [3.63, 3.8) is 0 Å². The molecule has 10 heteroatoms. The Morgan fingerprint density at radius 2 is 2.17 bits per heavy atom. The van der Waals surface area contributed by atoms with Crippen molar-refractivity contribution in [1.29, 1.82) is 0 Å². The van der Waals surface area contributed by atoms with Gasteiger partial charge >= 0.3 is 6.09 Å². The lowest BCUT2D eigenvalue weighted by Crippen LogP contribution is -2.47. The number of amides is 2. The number of hydrogen-bond donors (Lipinski definition) is 3. The first-order valence-electron chi connectivity index (χ1n) is 9.05. The lowest BCUT2D eigenvalue weighted by Gasteiger charge is -2.35. The van der Waals surface area contributed by atoms with Gasteiger partial charge in [-0.2, -0.15) is 0 Å². The van der Waals surface area contributed by atoms with E-state index in [9.17, 15) is 9.59 Å². The second-order valence-electron chi connectivity index (χ2n) is 6.71. The first kappa shape index (κ1) is 19.6. The molecule has 1 fully saturated rings. The number of anilines is 2. The number of nitrogens with zero attached hydrogens (tertiary/aromatic N) is 3. The molecule has 1 unspecified atom stereocenters. The first-order valence-corrected chi connectivity index (χ1v) is 10.7. The predicted octanol–water partition coefficient (Wildman–Crippen LogP) is 3.94. The summed E-state index contributed by atoms with van der Waals surface area (Å²) < 4.78 is 1.86. The van der Waals surface area contributed by atoms with E-state index in [2.05, 4.69) is 41.4 Å². The number of thiophene rings is 1. The van der Waals surface area contributed by atoms with Crippen LogP contribution in [-0.4, -0.2) is 46.2 Å². The highest BCUT2D eigenvalue weighted by molar-refractivity contribution is 9.10. The Labute approximate surface area is 179 Å². The molecule has 4 heterocycles. The number of halogens is 1. The van der Waals surface area contributed by atoms with Crippen LogP contribution in [0.4, 0.5) is 16.2 Å². The molecule has 150 valence electrons. The van der Waals surface area contributed by atoms with E-state index in [1.807, 2.05) is 17.5 Å². The van der Waals surface area contributed by atoms with Gasteiger partial charge in [-0.1, -0.05) is 0 Å². The van der Waals surface area contributed by atoms with Crippen molar-refractivity contribution in [2.75, 3.05) is 23.3 Å². The highest BCUT2D eigenvalue weighted by Crippen LogP contribution is 2.30. The molecule has 0 radical (unpaired) electrons. The van der Waals surface area contributed by atoms with Gasteiger partial charge in [-0.3, -0.25) is 9.78 Å². The highest BCUT2D eigenvalue weighted by Gasteiger charge is 2.24. The molecule has 1 saturated heterocycles. The van der Waals surface area contributed by atoms with Crippen LogP contribution in [0.3, 0.4) is 0 Å². The standard InChI is InChI=1S/C19H18BrN5O3S/c20-12-10-29-16-4-3-13(23-17(12)16)18(26)24-14-8-21-6-5-15(14)25-7-1-2-11(9-25)22-19(27)28/h3-6,8,10-11,22H,1-2,7,9H2,(H,24,26)(H,27,28). The molecule has 0 aromatic carbocycles. The molecule has 1 atom stereocenters. The van der Waals surface area contributed by atoms with Crippen LogP contribution in [0.5, 0.6) is 0 Å². The van der Waals surface area contributed by atoms with Crippen molar-refractivity contribution in [2.24, 2.45) is 0 Å². The maximum Gasteiger partial charge on any atom is 0.404 e. The number of piperidine rings is 1. The second kappa shape index (κ2) is 8.34. The molecule has 1 aliphatic heterocycles. The SMILES string of the molecule is O=C(O)NC1CCCN(c2ccncc2NC(=O)c2ccc3scc(Br)c3n2)C1. The molecule has 29 heavy (non-hydrogen) atoms. The molecule has 4 rings (SSSR count). The largest absolute Gasteiger partial charge is 0.465 e. The second-order valence-corrected chi connectivity index (χ2v) is 8.47. The number of carbonyl (C=O) groups excluding carboxylic acids is 1. The molecule has 1 aliphatic rings. The van der Waals surface area contributed by atoms with Gasteiger partial charge in [-0.25, -0.2) is 9.78 Å². The molecule has 0 spiro atoms. The summed E-state index contributed by atoms with van der Waals surface area (Å²) in [6.07, 6.45) is 3.87. The number of fused-ring (bicyclic) bond motifs is 1. The Morgan fingerprint density at radius 1 is 1.31 bits per heavy atom. The zero-order valence-electron chi connectivity index (χ0n) is 15.3. The van der Waals surface area contributed by atoms with Crippen LogP contribution in [0.25, 0.3) is 10.2 Å². The lowest BCUT2D eigenvalue weighted by molar-refractivity contribution is 0.102. The van der Waals surface area contributed by atoms with E-state index in [-0.39, 0.29) is 11.9 Å². The molecule has 3 aromatic rings. The number of aromatic nitrogens is 2. The van der Waals surface area contributed by atoms with Gasteiger partial charge in [0.15, 0.2) is 0 Å². The van der Waals surface area contributed by atoms with Gasteiger partial charge in [-0.05, 0) is 47.0 Å². The maximum atomic E-state index is 12.8. The maximum absolute atomic E-state index is 12.8. The third-order valence-electron chi connectivity index (χ3n) is 4.74. The van der Waals surface area contributed by atoms with Crippen LogP contribution >= 0.6 is 27.3 Å². The third-order valence-corrected chi connectivity index (χ3v) is 6.59. The Hall–Kier alpha value is -2.72. The molecular formula is C19H18BrN5O3S. The van der Waals surface area contributed by atoms with Gasteiger partial charge in [0.05, 0.1) is 32.3 Å². The van der Waals surface area contributed by atoms with E-state index in [0.29, 0.717) is 17.9 Å². The summed E-state index contributed by atoms with van der Waals surface area (Å²) in [5, 5.41) is 16.4. The molecule has 8 nitrogen and oxygen atoms in total. The Kier molecular flexibility index (Phi) is 5.63. The minimum Gasteiger partial charge on any atom is -0.465 e. The smallest absolute Gasteiger partial charge is 0.404 e. The third kappa shape index (κ3) is 4.33. The van der Waals surface area contributed by atoms with E-state index < -0.39 is 6.09 Å². The van der Waals surface area contributed by atoms with Crippen LogP contribution in [0.1, 0.15) is 23.3 Å². The normalized spacial score (nSPS) is 16.6. The fourth-order valence-electron chi connectivity index (χ4n) is 3.44. The summed E-state index contributed by atoms with van der Waals surface area (Å²) in [5.74, 6) is -0.323. The van der Waals surface area contributed by atoms with Crippen LogP contribution in [0, 0.1) is 0 Å². The zero-order valence-corrected chi connectivity index (χ0v) is 17.7. The number of nitrogens with one attached hydrogen (secondary N) is 2. The summed E-state index contributed by atoms with van der Waals surface area (Å²) in [4.78, 5) is 34.4. The van der Waals surface area contributed by atoms with Gasteiger partial charge in [0, 0.05) is 30.7 Å². The summed E-state index contributed by atoms with van der Waals surface area (Å²) in [5.41, 5.74) is 2.45. The molecule has 0 bridgehead atoms. The van der Waals surface area contributed by atoms with Gasteiger partial charge in [-0.15, -0.1) is 11.3 Å². The fourth-order valence-corrected chi connectivity index (χ4v) is 4.91. The van der Waals surface area contributed by atoms with Crippen LogP contribution in [0.15, 0.2) is 40.4 Å². The first-order chi connectivity index (χ1) is 14.0. The Balaban J connectivity index is 1.55. The molecule has 3 N–H and O–H groups in total. The van der Waals surface area contributed by atoms with Gasteiger partial charge < -0.3 is 20.6 Å². The number of pyridine rings is 2. The predicted molar refractivity (Wildman–Crippen MR) is 116 cm³/mol. The van der Waals surface area contributed by atoms with Gasteiger partial charge in [0.1, 0.15) is 5.69 Å². The highest BCUT2D eigenvalue weighted by atomic mass is 79.9. The molecule has 2 amide bonds. The number of carboxylic acid groups (broad SMARTS) is 1. The van der Waals surface area contributed by atoms with E-state index in [1.54, 1.807) is 29.8 Å². The molecule has 3 aromatic heterocycles. The van der Waals surface area contributed by atoms with Crippen molar-refractivity contribution < 1.29 is 14.7 Å². The fraction of sp³-hybridized carbons (Fsp3) is 0.263. The molecular weight excluding hydrogens is 458 g/mol. The van der Waals surface area contributed by atoms with Crippen LogP contribution in [0.2, 0.25) is 0 Å². The van der Waals surface area contributed by atoms with Crippen molar-refractivity contribution in [3.8, 4) is 0 Å². The lowest BCUT2D eigenvalue weighted by atomic mass is 10.0. The van der Waals surface area contributed by atoms with Crippen molar-refractivity contribution in [3.05, 3.63) is 46.1 Å². The average Bonchev–Trinajstić information content (AvgIpc) is 3.08. The van der Waals surface area contributed by atoms with Crippen LogP contribution in [-0.2, 0) is 0 Å². The van der Waals surface area contributed by atoms with Crippen molar-refractivity contribution >= 4 is 60.9 Å². The molecule has 0 aliphatic carbocycles. The number of hydrogen-bond acceptors (Lipinski definition) is 6. The molecule has 0 saturated carbocycles. The number of rotatable bonds is 4. The van der Waals surface area contributed by atoms with Crippen molar-refractivity contribution in [1.82, 2.24) is 15.3 Å². The quantitative estimate of drug-likeness (QED) is 0.527. The van der Waals surface area contributed by atoms with Crippen molar-refractivity contribution in [2.45, 2.75) is 18.9 Å². The minimum absolute atomic E-state index is 0.155. The van der Waals surface area contributed by atoms with E-state index in [0.717, 1.165) is 39.8 Å². The summed E-state index contributed by atoms with van der Waals surface area (Å²) >= 11 is 5.01. The Morgan fingerprint density at radius 3 is 3.00 bits per heavy atom. The summed E-state index contributed by atoms with van der Waals surface area (Å²) in [7, 11) is 0. The van der Waals surface area contributed by atoms with E-state index >= 15 is 0 Å². The summed E-state index contributed by atoms with van der Waals surface area (Å²) in [6.45, 7) is 1.31. The van der Waals surface area contributed by atoms with E-state index in [4.69, 9.17) is 5.11 Å². The zero-order chi connectivity index (χ0) is 20.4. The van der Waals surface area contributed by atoms with Gasteiger partial charge in [0.25, 0.3) is 5.91 Å². The van der Waals surface area contributed by atoms with E-state index in [1.165, 1.54) is 0 Å². The topological polar surface area (TPSA) is 107 Å². The monoisotopic (exact) mass is 475 g/mol. The number of carbonyl (C=O) groups is 2. The van der Waals surface area contributed by atoms with Crippen LogP contribution < -0.4 is 15.5 Å². The Bertz CT molecular complexity index is 1070. The average molecular weight is 476 g/mol. The minimum atomic E-state index is -1.03. The van der Waals surface area contributed by atoms with Gasteiger partial charge in [0.2, 0.25) is 0 Å². The summed E-state index contributed by atoms with van der Waals surface area (Å²) in [6, 6.07) is 5.25.